The predicted octanol–water partition coefficient (Wildman–Crippen LogP) is 5.12. The fourth-order valence-electron chi connectivity index (χ4n) is 2.26. The Morgan fingerprint density at radius 3 is 2.73 bits per heavy atom. The number of hydrogen-bond acceptors (Lipinski definition) is 5. The van der Waals surface area contributed by atoms with Gasteiger partial charge in [-0.1, -0.05) is 15.9 Å². The molecule has 0 aliphatic rings. The molecule has 1 heterocycles. The summed E-state index contributed by atoms with van der Waals surface area (Å²) >= 11 is 12.0. The topological polar surface area (TPSA) is 75.4 Å². The maximum absolute atomic E-state index is 10.2. The van der Waals surface area contributed by atoms with E-state index >= 15 is 0 Å². The van der Waals surface area contributed by atoms with Gasteiger partial charge < -0.3 is 9.84 Å². The van der Waals surface area contributed by atoms with Gasteiger partial charge in [-0.15, -0.1) is 0 Å². The van der Waals surface area contributed by atoms with Crippen LogP contribution in [0, 0.1) is 4.77 Å². The van der Waals surface area contributed by atoms with Crippen LogP contribution in [0.15, 0.2) is 50.4 Å². The van der Waals surface area contributed by atoms with Gasteiger partial charge in [-0.3, -0.25) is 0 Å². The number of hydrogen-bond donors (Lipinski definition) is 2. The van der Waals surface area contributed by atoms with Gasteiger partial charge in [0.05, 0.1) is 17.3 Å². The van der Waals surface area contributed by atoms with Crippen molar-refractivity contribution >= 4 is 50.3 Å². The minimum atomic E-state index is 0.0922. The Bertz CT molecular complexity index is 1010. The minimum absolute atomic E-state index is 0.0922. The van der Waals surface area contributed by atoms with Crippen molar-refractivity contribution in [1.29, 1.82) is 0 Å². The fraction of sp³-hybridized carbons (Fsp3) is 0.118. The average molecular weight is 498 g/mol. The number of H-pyrrole nitrogens is 1. The molecule has 26 heavy (non-hydrogen) atoms. The molecule has 0 unspecified atom stereocenters. The molecule has 134 valence electrons. The second-order valence-corrected chi connectivity index (χ2v) is 7.35. The first-order chi connectivity index (χ1) is 12.5. The van der Waals surface area contributed by atoms with E-state index in [1.165, 1.54) is 10.9 Å². The highest BCUT2D eigenvalue weighted by Gasteiger charge is 2.10. The SMILES string of the molecule is CCOc1ccc(-c2n[nH]c(=S)n2/N=C/c2cc(Br)cc(Br)c2O)cc1. The van der Waals surface area contributed by atoms with Crippen LogP contribution in [0.2, 0.25) is 0 Å². The largest absolute Gasteiger partial charge is 0.506 e. The number of aromatic nitrogens is 3. The van der Waals surface area contributed by atoms with Crippen molar-refractivity contribution in [2.45, 2.75) is 6.92 Å². The number of nitrogens with one attached hydrogen (secondary N) is 1. The van der Waals surface area contributed by atoms with Crippen LogP contribution < -0.4 is 4.74 Å². The Morgan fingerprint density at radius 1 is 1.31 bits per heavy atom. The molecule has 0 amide bonds. The van der Waals surface area contributed by atoms with Gasteiger partial charge in [0.15, 0.2) is 5.82 Å². The van der Waals surface area contributed by atoms with E-state index in [9.17, 15) is 5.11 Å². The van der Waals surface area contributed by atoms with Gasteiger partial charge in [-0.25, -0.2) is 5.10 Å². The van der Waals surface area contributed by atoms with E-state index in [0.717, 1.165) is 15.8 Å². The van der Waals surface area contributed by atoms with Crippen LogP contribution in [-0.4, -0.2) is 32.8 Å². The van der Waals surface area contributed by atoms with Gasteiger partial charge >= 0.3 is 0 Å². The van der Waals surface area contributed by atoms with Crippen molar-refractivity contribution < 1.29 is 9.84 Å². The van der Waals surface area contributed by atoms with Crippen LogP contribution in [0.1, 0.15) is 12.5 Å². The highest BCUT2D eigenvalue weighted by molar-refractivity contribution is 9.11. The fourth-order valence-corrected chi connectivity index (χ4v) is 3.69. The highest BCUT2D eigenvalue weighted by Crippen LogP contribution is 2.30. The molecule has 0 aliphatic carbocycles. The summed E-state index contributed by atoms with van der Waals surface area (Å²) in [5.41, 5.74) is 1.37. The molecule has 0 saturated carbocycles. The van der Waals surface area contributed by atoms with Crippen molar-refractivity contribution in [3.8, 4) is 22.9 Å². The van der Waals surface area contributed by atoms with Crippen LogP contribution >= 0.6 is 44.1 Å². The Morgan fingerprint density at radius 2 is 2.04 bits per heavy atom. The van der Waals surface area contributed by atoms with E-state index in [1.807, 2.05) is 31.2 Å². The molecule has 1 aromatic heterocycles. The van der Waals surface area contributed by atoms with Gasteiger partial charge in [-0.2, -0.15) is 14.9 Å². The summed E-state index contributed by atoms with van der Waals surface area (Å²) in [6.45, 7) is 2.54. The standard InChI is InChI=1S/C17H14Br2N4O2S/c1-2-25-13-5-3-10(4-6-13)16-21-22-17(26)23(16)20-9-11-7-12(18)8-14(19)15(11)24/h3-9,24H,2H2,1H3,(H,22,26)/b20-9+. The summed E-state index contributed by atoms with van der Waals surface area (Å²) in [5.74, 6) is 1.43. The smallest absolute Gasteiger partial charge is 0.216 e. The molecule has 0 radical (unpaired) electrons. The Labute approximate surface area is 171 Å². The molecule has 3 aromatic rings. The number of rotatable bonds is 5. The lowest BCUT2D eigenvalue weighted by atomic mass is 10.2. The third kappa shape index (κ3) is 4.05. The Balaban J connectivity index is 1.97. The normalized spacial score (nSPS) is 11.2. The molecule has 9 heteroatoms. The third-order valence-corrected chi connectivity index (χ3v) is 4.77. The Kier molecular flexibility index (Phi) is 5.90. The highest BCUT2D eigenvalue weighted by atomic mass is 79.9. The lowest BCUT2D eigenvalue weighted by Gasteiger charge is -2.05. The zero-order chi connectivity index (χ0) is 18.7. The molecular formula is C17H14Br2N4O2S. The number of halogens is 2. The molecule has 0 atom stereocenters. The predicted molar refractivity (Wildman–Crippen MR) is 111 cm³/mol. The van der Waals surface area contributed by atoms with Crippen LogP contribution in [-0.2, 0) is 0 Å². The zero-order valence-corrected chi connectivity index (χ0v) is 17.6. The van der Waals surface area contributed by atoms with Crippen LogP contribution in [0.25, 0.3) is 11.4 Å². The quantitative estimate of drug-likeness (QED) is 0.379. The molecule has 2 aromatic carbocycles. The van der Waals surface area contributed by atoms with Crippen molar-refractivity contribution in [3.05, 3.63) is 55.7 Å². The third-order valence-electron chi connectivity index (χ3n) is 3.44. The second kappa shape index (κ2) is 8.15. The van der Waals surface area contributed by atoms with Crippen LogP contribution in [0.3, 0.4) is 0 Å². The number of ether oxygens (including phenoxy) is 1. The monoisotopic (exact) mass is 496 g/mol. The maximum atomic E-state index is 10.2. The van der Waals surface area contributed by atoms with Gasteiger partial charge in [0.25, 0.3) is 0 Å². The zero-order valence-electron chi connectivity index (χ0n) is 13.6. The molecule has 2 N–H and O–H groups in total. The number of benzene rings is 2. The maximum Gasteiger partial charge on any atom is 0.216 e. The first-order valence-electron chi connectivity index (χ1n) is 7.62. The van der Waals surface area contributed by atoms with Gasteiger partial charge in [0.1, 0.15) is 11.5 Å². The summed E-state index contributed by atoms with van der Waals surface area (Å²) in [5, 5.41) is 21.5. The Hall–Kier alpha value is -1.97. The second-order valence-electron chi connectivity index (χ2n) is 5.19. The number of aromatic hydroxyl groups is 1. The van der Waals surface area contributed by atoms with E-state index < -0.39 is 0 Å². The first kappa shape index (κ1) is 18.8. The molecule has 0 fully saturated rings. The lowest BCUT2D eigenvalue weighted by Crippen LogP contribution is -1.96. The molecule has 0 spiro atoms. The average Bonchev–Trinajstić information content (AvgIpc) is 2.98. The van der Waals surface area contributed by atoms with Crippen molar-refractivity contribution in [2.75, 3.05) is 6.61 Å². The first-order valence-corrected chi connectivity index (χ1v) is 9.62. The van der Waals surface area contributed by atoms with Crippen molar-refractivity contribution in [3.63, 3.8) is 0 Å². The van der Waals surface area contributed by atoms with Crippen molar-refractivity contribution in [1.82, 2.24) is 14.9 Å². The molecule has 0 bridgehead atoms. The van der Waals surface area contributed by atoms with Crippen LogP contribution in [0.4, 0.5) is 0 Å². The number of aromatic amines is 1. The number of phenols is 1. The van der Waals surface area contributed by atoms with E-state index in [2.05, 4.69) is 47.2 Å². The summed E-state index contributed by atoms with van der Waals surface area (Å²) in [4.78, 5) is 0. The van der Waals surface area contributed by atoms with Crippen molar-refractivity contribution in [2.24, 2.45) is 5.10 Å². The number of phenolic OH excluding ortho intramolecular Hbond substituents is 1. The molecule has 6 nitrogen and oxygen atoms in total. The summed E-state index contributed by atoms with van der Waals surface area (Å²) in [6, 6.07) is 11.0. The molecule has 0 aliphatic heterocycles. The van der Waals surface area contributed by atoms with E-state index in [1.54, 1.807) is 12.1 Å². The molecule has 0 saturated heterocycles. The van der Waals surface area contributed by atoms with Gasteiger partial charge in [-0.05, 0) is 71.5 Å². The minimum Gasteiger partial charge on any atom is -0.506 e. The van der Waals surface area contributed by atoms with Gasteiger partial charge in [0.2, 0.25) is 4.77 Å². The van der Waals surface area contributed by atoms with E-state index in [0.29, 0.717) is 27.2 Å². The summed E-state index contributed by atoms with van der Waals surface area (Å²) in [6.07, 6.45) is 1.52. The van der Waals surface area contributed by atoms with Gasteiger partial charge in [0, 0.05) is 15.6 Å². The van der Waals surface area contributed by atoms with E-state index in [-0.39, 0.29) is 5.75 Å². The lowest BCUT2D eigenvalue weighted by molar-refractivity contribution is 0.340. The molecule has 3 rings (SSSR count). The summed E-state index contributed by atoms with van der Waals surface area (Å²) < 4.78 is 8.67. The van der Waals surface area contributed by atoms with E-state index in [4.69, 9.17) is 17.0 Å². The number of nitrogens with zero attached hydrogens (tertiary/aromatic N) is 3. The molecular weight excluding hydrogens is 484 g/mol. The van der Waals surface area contributed by atoms with Crippen LogP contribution in [0.5, 0.6) is 11.5 Å². The summed E-state index contributed by atoms with van der Waals surface area (Å²) in [7, 11) is 0.